The molecule has 130 valence electrons. The second kappa shape index (κ2) is 6.17. The van der Waals surface area contributed by atoms with Gasteiger partial charge < -0.3 is 19.1 Å². The maximum atomic E-state index is 11.9. The van der Waals surface area contributed by atoms with Gasteiger partial charge in [0.1, 0.15) is 17.1 Å². The van der Waals surface area contributed by atoms with Crippen molar-refractivity contribution in [3.05, 3.63) is 52.9 Å². The van der Waals surface area contributed by atoms with Crippen LogP contribution >= 0.6 is 0 Å². The molecule has 1 fully saturated rings. The van der Waals surface area contributed by atoms with E-state index >= 15 is 0 Å². The van der Waals surface area contributed by atoms with Gasteiger partial charge in [-0.15, -0.1) is 0 Å². The summed E-state index contributed by atoms with van der Waals surface area (Å²) >= 11 is 0. The number of furan rings is 1. The molecule has 1 atom stereocenters. The second-order valence-corrected chi connectivity index (χ2v) is 5.82. The lowest BCUT2D eigenvalue weighted by atomic mass is 10.1. The van der Waals surface area contributed by atoms with Crippen molar-refractivity contribution >= 4 is 23.7 Å². The summed E-state index contributed by atoms with van der Waals surface area (Å²) in [5.41, 5.74) is 0.555. The molecule has 1 aromatic carbocycles. The van der Waals surface area contributed by atoms with Gasteiger partial charge >= 0.3 is 11.9 Å². The number of ether oxygens (including phenoxy) is 2. The van der Waals surface area contributed by atoms with Crippen LogP contribution in [-0.4, -0.2) is 22.9 Å². The number of esters is 2. The molecule has 1 saturated heterocycles. The third-order valence-electron chi connectivity index (χ3n) is 3.45. The van der Waals surface area contributed by atoms with Crippen LogP contribution in [0.15, 0.2) is 46.4 Å². The van der Waals surface area contributed by atoms with E-state index < -0.39 is 23.0 Å². The van der Waals surface area contributed by atoms with Crippen LogP contribution in [0, 0.1) is 5.21 Å². The Morgan fingerprint density at radius 2 is 1.64 bits per heavy atom. The third-order valence-corrected chi connectivity index (χ3v) is 3.45. The van der Waals surface area contributed by atoms with Crippen LogP contribution in [-0.2, 0) is 19.1 Å². The molecular formula is C17H15NO7. The monoisotopic (exact) mass is 345 g/mol. The summed E-state index contributed by atoms with van der Waals surface area (Å²) < 4.78 is 15.6. The average molecular weight is 345 g/mol. The number of hydrogen-bond donors (Lipinski definition) is 2. The fourth-order valence-electron chi connectivity index (χ4n) is 2.28. The van der Waals surface area contributed by atoms with Gasteiger partial charge in [0.25, 0.3) is 5.79 Å². The highest BCUT2D eigenvalue weighted by Gasteiger charge is 2.39. The number of carbonyl (C=O) groups is 2. The maximum absolute atomic E-state index is 11.9. The van der Waals surface area contributed by atoms with Gasteiger partial charge in [0, 0.05) is 37.6 Å². The molecule has 2 aromatic rings. The molecule has 0 bridgehead atoms. The molecule has 25 heavy (non-hydrogen) atoms. The molecule has 1 aliphatic heterocycles. The minimum atomic E-state index is -1.30. The molecule has 0 amide bonds. The van der Waals surface area contributed by atoms with Crippen molar-refractivity contribution in [2.24, 2.45) is 0 Å². The third kappa shape index (κ3) is 3.61. The number of benzene rings is 1. The van der Waals surface area contributed by atoms with Crippen LogP contribution in [0.2, 0.25) is 0 Å². The van der Waals surface area contributed by atoms with E-state index in [0.29, 0.717) is 11.3 Å². The molecule has 2 heterocycles. The lowest BCUT2D eigenvalue weighted by Crippen LogP contribution is -2.99. The van der Waals surface area contributed by atoms with E-state index in [-0.39, 0.29) is 17.0 Å². The van der Waals surface area contributed by atoms with Gasteiger partial charge in [-0.05, 0) is 24.3 Å². The van der Waals surface area contributed by atoms with Crippen molar-refractivity contribution < 1.29 is 33.9 Å². The fraction of sp³-hybridized carbons (Fsp3) is 0.176. The zero-order valence-electron chi connectivity index (χ0n) is 13.4. The number of hydrogen-bond acceptors (Lipinski definition) is 7. The molecule has 1 unspecified atom stereocenters. The number of cyclic esters (lactones) is 2. The van der Waals surface area contributed by atoms with Crippen LogP contribution in [0.4, 0.5) is 5.69 Å². The van der Waals surface area contributed by atoms with Crippen molar-refractivity contribution in [2.45, 2.75) is 19.6 Å². The standard InChI is InChI=1S/C17H15NO7/c1-17(2)24-15(19)13(16(20)25-17)9-12-7-8-14(23-12)10-3-5-11(6-4-10)18(21)22/h3-9,18,21H,1-2H3. The first-order valence-corrected chi connectivity index (χ1v) is 7.37. The quantitative estimate of drug-likeness (QED) is 0.376. The number of nitrogens with one attached hydrogen (secondary N) is 1. The van der Waals surface area contributed by atoms with E-state index in [2.05, 4.69) is 0 Å². The Hall–Kier alpha value is -2.94. The summed E-state index contributed by atoms with van der Waals surface area (Å²) in [5, 5.41) is 18.7. The van der Waals surface area contributed by atoms with Crippen molar-refractivity contribution in [1.29, 1.82) is 0 Å². The Labute approximate surface area is 142 Å². The summed E-state index contributed by atoms with van der Waals surface area (Å²) in [6.07, 6.45) is 1.25. The van der Waals surface area contributed by atoms with Crippen LogP contribution in [0.3, 0.4) is 0 Å². The molecule has 8 nitrogen and oxygen atoms in total. The predicted molar refractivity (Wildman–Crippen MR) is 84.2 cm³/mol. The second-order valence-electron chi connectivity index (χ2n) is 5.82. The Morgan fingerprint density at radius 1 is 1.04 bits per heavy atom. The topological polar surface area (TPSA) is 113 Å². The molecule has 3 rings (SSSR count). The number of rotatable bonds is 3. The average Bonchev–Trinajstić information content (AvgIpc) is 2.99. The maximum Gasteiger partial charge on any atom is 0.348 e. The first kappa shape index (κ1) is 16.9. The summed E-state index contributed by atoms with van der Waals surface area (Å²) in [4.78, 5) is 23.8. The Balaban J connectivity index is 1.84. The minimum Gasteiger partial charge on any atom is -0.595 e. The van der Waals surface area contributed by atoms with E-state index in [0.717, 1.165) is 0 Å². The van der Waals surface area contributed by atoms with Crippen molar-refractivity contribution in [3.8, 4) is 11.3 Å². The molecule has 0 radical (unpaired) electrons. The van der Waals surface area contributed by atoms with Gasteiger partial charge in [-0.1, -0.05) is 0 Å². The minimum absolute atomic E-state index is 0.160. The SMILES string of the molecule is CC1(C)OC(=O)C(=Cc2ccc(-c3ccc([NH+]([O-])O)cc3)o2)C(=O)O1. The fourth-order valence-corrected chi connectivity index (χ4v) is 2.28. The van der Waals surface area contributed by atoms with Gasteiger partial charge in [-0.3, -0.25) is 0 Å². The van der Waals surface area contributed by atoms with Crippen molar-refractivity contribution in [1.82, 2.24) is 0 Å². The summed E-state index contributed by atoms with van der Waals surface area (Å²) in [6.45, 7) is 2.93. The van der Waals surface area contributed by atoms with Crippen molar-refractivity contribution in [3.63, 3.8) is 0 Å². The molecule has 1 aliphatic rings. The van der Waals surface area contributed by atoms with E-state index in [4.69, 9.17) is 19.1 Å². The normalized spacial score (nSPS) is 17.7. The highest BCUT2D eigenvalue weighted by Crippen LogP contribution is 2.27. The lowest BCUT2D eigenvalue weighted by molar-refractivity contribution is -0.991. The van der Waals surface area contributed by atoms with E-state index in [1.807, 2.05) is 0 Å². The van der Waals surface area contributed by atoms with Gasteiger partial charge in [0.05, 0.1) is 0 Å². The van der Waals surface area contributed by atoms with E-state index in [9.17, 15) is 14.8 Å². The van der Waals surface area contributed by atoms with Crippen LogP contribution in [0.5, 0.6) is 0 Å². The molecule has 8 heteroatoms. The van der Waals surface area contributed by atoms with Gasteiger partial charge in [-0.25, -0.2) is 14.8 Å². The van der Waals surface area contributed by atoms with Gasteiger partial charge in [0.2, 0.25) is 0 Å². The van der Waals surface area contributed by atoms with Crippen LogP contribution < -0.4 is 5.23 Å². The smallest absolute Gasteiger partial charge is 0.348 e. The molecule has 0 spiro atoms. The first-order chi connectivity index (χ1) is 11.7. The van der Waals surface area contributed by atoms with Gasteiger partial charge in [0.15, 0.2) is 5.69 Å². The summed E-state index contributed by atoms with van der Waals surface area (Å²) in [5.74, 6) is -2.15. The van der Waals surface area contributed by atoms with Gasteiger partial charge in [-0.2, -0.15) is 5.23 Å². The zero-order valence-corrected chi connectivity index (χ0v) is 13.4. The Kier molecular flexibility index (Phi) is 4.17. The highest BCUT2D eigenvalue weighted by atomic mass is 16.8. The largest absolute Gasteiger partial charge is 0.595 e. The highest BCUT2D eigenvalue weighted by molar-refractivity contribution is 6.18. The summed E-state index contributed by atoms with van der Waals surface area (Å²) in [6, 6.07) is 9.33. The molecule has 0 aliphatic carbocycles. The Bertz CT molecular complexity index is 824. The lowest BCUT2D eigenvalue weighted by Gasteiger charge is -2.29. The molecular weight excluding hydrogens is 330 g/mol. The summed E-state index contributed by atoms with van der Waals surface area (Å²) in [7, 11) is 0. The van der Waals surface area contributed by atoms with E-state index in [1.54, 1.807) is 24.3 Å². The predicted octanol–water partition coefficient (Wildman–Crippen LogP) is 1.57. The molecule has 0 saturated carbocycles. The van der Waals surface area contributed by atoms with Crippen LogP contribution in [0.25, 0.3) is 17.4 Å². The zero-order chi connectivity index (χ0) is 18.2. The van der Waals surface area contributed by atoms with Crippen LogP contribution in [0.1, 0.15) is 19.6 Å². The number of quaternary nitrogens is 1. The molecule has 2 N–H and O–H groups in total. The molecule has 1 aromatic heterocycles. The Morgan fingerprint density at radius 3 is 2.20 bits per heavy atom. The first-order valence-electron chi connectivity index (χ1n) is 7.37. The van der Waals surface area contributed by atoms with Crippen molar-refractivity contribution in [2.75, 3.05) is 0 Å². The van der Waals surface area contributed by atoms with E-state index in [1.165, 1.54) is 32.1 Å². The number of carbonyl (C=O) groups excluding carboxylic acids is 2.